The number of hydrogen-bond donors (Lipinski definition) is 1. The van der Waals surface area contributed by atoms with E-state index in [0.29, 0.717) is 38.9 Å². The second-order valence-corrected chi connectivity index (χ2v) is 10.3. The van der Waals surface area contributed by atoms with Crippen molar-refractivity contribution in [2.45, 2.75) is 31.7 Å². The molecule has 0 bridgehead atoms. The maximum atomic E-state index is 12.6. The second kappa shape index (κ2) is 10.3. The van der Waals surface area contributed by atoms with Crippen LogP contribution in [0.4, 0.5) is 0 Å². The molecule has 1 aromatic rings. The van der Waals surface area contributed by atoms with Gasteiger partial charge in [0.15, 0.2) is 9.84 Å². The minimum atomic E-state index is -3.00. The Morgan fingerprint density at radius 3 is 2.57 bits per heavy atom. The summed E-state index contributed by atoms with van der Waals surface area (Å²) in [7, 11) is -1.38. The number of methoxy groups -OCH3 is 1. The van der Waals surface area contributed by atoms with Gasteiger partial charge in [0.2, 0.25) is 11.8 Å². The normalized spacial score (nSPS) is 21.8. The zero-order chi connectivity index (χ0) is 21.6. The van der Waals surface area contributed by atoms with E-state index in [1.165, 1.54) is 0 Å². The van der Waals surface area contributed by atoms with E-state index in [9.17, 15) is 18.0 Å². The highest BCUT2D eigenvalue weighted by molar-refractivity contribution is 7.91. The van der Waals surface area contributed by atoms with E-state index in [0.717, 1.165) is 24.3 Å². The highest BCUT2D eigenvalue weighted by Crippen LogP contribution is 2.14. The lowest BCUT2D eigenvalue weighted by Gasteiger charge is -2.22. The van der Waals surface area contributed by atoms with Gasteiger partial charge in [0.05, 0.1) is 25.2 Å². The third-order valence-corrected chi connectivity index (χ3v) is 7.46. The quantitative estimate of drug-likeness (QED) is 0.666. The van der Waals surface area contributed by atoms with Crippen LogP contribution in [-0.4, -0.2) is 87.4 Å². The van der Waals surface area contributed by atoms with Gasteiger partial charge in [-0.1, -0.05) is 12.1 Å². The lowest BCUT2D eigenvalue weighted by atomic mass is 10.1. The molecule has 1 unspecified atom stereocenters. The number of benzene rings is 1. The molecule has 3 rings (SSSR count). The number of nitrogens with zero attached hydrogens (tertiary/aromatic N) is 2. The first-order valence-electron chi connectivity index (χ1n) is 10.5. The third kappa shape index (κ3) is 6.70. The van der Waals surface area contributed by atoms with Crippen LogP contribution < -0.4 is 10.1 Å². The molecule has 9 heteroatoms. The van der Waals surface area contributed by atoms with Crippen molar-refractivity contribution < 1.29 is 22.7 Å². The third-order valence-electron chi connectivity index (χ3n) is 5.69. The molecule has 0 aliphatic carbocycles. The fourth-order valence-electron chi connectivity index (χ4n) is 3.97. The van der Waals surface area contributed by atoms with Crippen LogP contribution in [0.1, 0.15) is 24.8 Å². The first-order chi connectivity index (χ1) is 14.3. The van der Waals surface area contributed by atoms with E-state index in [4.69, 9.17) is 4.74 Å². The van der Waals surface area contributed by atoms with Crippen LogP contribution >= 0.6 is 0 Å². The molecule has 30 heavy (non-hydrogen) atoms. The van der Waals surface area contributed by atoms with Crippen molar-refractivity contribution in [1.29, 1.82) is 0 Å². The molecule has 166 valence electrons. The highest BCUT2D eigenvalue weighted by Gasteiger charge is 2.29. The molecule has 0 aromatic heterocycles. The van der Waals surface area contributed by atoms with Gasteiger partial charge in [0.1, 0.15) is 5.75 Å². The minimum absolute atomic E-state index is 0.0369. The van der Waals surface area contributed by atoms with Crippen LogP contribution in [0.2, 0.25) is 0 Å². The summed E-state index contributed by atoms with van der Waals surface area (Å²) in [6, 6.07) is 7.48. The first kappa shape index (κ1) is 22.6. The Morgan fingerprint density at radius 1 is 1.13 bits per heavy atom. The zero-order valence-corrected chi connectivity index (χ0v) is 18.3. The van der Waals surface area contributed by atoms with Crippen molar-refractivity contribution in [2.24, 2.45) is 0 Å². The Balaban J connectivity index is 1.40. The largest absolute Gasteiger partial charge is 0.497 e. The molecular formula is C21H31N3O5S. The van der Waals surface area contributed by atoms with Crippen LogP contribution in [0.5, 0.6) is 5.75 Å². The minimum Gasteiger partial charge on any atom is -0.497 e. The van der Waals surface area contributed by atoms with E-state index in [-0.39, 0.29) is 35.9 Å². The Labute approximate surface area is 178 Å². The second-order valence-electron chi connectivity index (χ2n) is 8.03. The summed E-state index contributed by atoms with van der Waals surface area (Å²) in [4.78, 5) is 28.8. The van der Waals surface area contributed by atoms with Gasteiger partial charge >= 0.3 is 0 Å². The fourth-order valence-corrected chi connectivity index (χ4v) is 5.64. The summed E-state index contributed by atoms with van der Waals surface area (Å²) in [5, 5.41) is 2.83. The van der Waals surface area contributed by atoms with Crippen molar-refractivity contribution in [3.63, 3.8) is 0 Å². The maximum absolute atomic E-state index is 12.6. The van der Waals surface area contributed by atoms with E-state index in [1.54, 1.807) is 7.11 Å². The van der Waals surface area contributed by atoms with Crippen molar-refractivity contribution in [3.8, 4) is 5.75 Å². The SMILES string of the molecule is COc1ccc(CCC(=O)N2CCCN(CC(=O)NC3CCS(=O)(=O)C3)CC2)cc1. The Hall–Kier alpha value is -2.13. The number of amides is 2. The number of rotatable bonds is 7. The van der Waals surface area contributed by atoms with E-state index >= 15 is 0 Å². The molecule has 2 aliphatic heterocycles. The van der Waals surface area contributed by atoms with Crippen LogP contribution in [0, 0.1) is 0 Å². The van der Waals surface area contributed by atoms with Gasteiger partial charge in [-0.25, -0.2) is 8.42 Å². The molecule has 2 aliphatic rings. The first-order valence-corrected chi connectivity index (χ1v) is 12.3. The molecule has 2 amide bonds. The summed E-state index contributed by atoms with van der Waals surface area (Å²) < 4.78 is 28.2. The Bertz CT molecular complexity index is 841. The number of carbonyl (C=O) groups is 2. The van der Waals surface area contributed by atoms with Gasteiger partial charge in [-0.05, 0) is 37.0 Å². The van der Waals surface area contributed by atoms with Gasteiger partial charge in [-0.3, -0.25) is 14.5 Å². The van der Waals surface area contributed by atoms with Crippen LogP contribution in [0.3, 0.4) is 0 Å². The summed E-state index contributed by atoms with van der Waals surface area (Å²) in [5.41, 5.74) is 1.10. The predicted molar refractivity (Wildman–Crippen MR) is 114 cm³/mol. The van der Waals surface area contributed by atoms with Gasteiger partial charge in [0.25, 0.3) is 0 Å². The molecule has 1 aromatic carbocycles. The summed E-state index contributed by atoms with van der Waals surface area (Å²) in [6.45, 7) is 2.93. The smallest absolute Gasteiger partial charge is 0.234 e. The van der Waals surface area contributed by atoms with Crippen LogP contribution in [0.25, 0.3) is 0 Å². The van der Waals surface area contributed by atoms with Crippen molar-refractivity contribution in [2.75, 3.05) is 51.3 Å². The molecule has 2 heterocycles. The monoisotopic (exact) mass is 437 g/mol. The molecule has 2 saturated heterocycles. The van der Waals surface area contributed by atoms with Crippen LogP contribution in [0.15, 0.2) is 24.3 Å². The van der Waals surface area contributed by atoms with Crippen LogP contribution in [-0.2, 0) is 25.8 Å². The van der Waals surface area contributed by atoms with Gasteiger partial charge in [-0.2, -0.15) is 0 Å². The number of aryl methyl sites for hydroxylation is 1. The number of hydrogen-bond acceptors (Lipinski definition) is 6. The lowest BCUT2D eigenvalue weighted by molar-refractivity contribution is -0.131. The highest BCUT2D eigenvalue weighted by atomic mass is 32.2. The summed E-state index contributed by atoms with van der Waals surface area (Å²) in [6.07, 6.45) is 2.46. The van der Waals surface area contributed by atoms with E-state index < -0.39 is 9.84 Å². The molecule has 0 saturated carbocycles. The molecule has 8 nitrogen and oxygen atoms in total. The average Bonchev–Trinajstić information content (AvgIpc) is 2.91. The predicted octanol–water partition coefficient (Wildman–Crippen LogP) is 0.465. The van der Waals surface area contributed by atoms with Crippen molar-refractivity contribution in [1.82, 2.24) is 15.1 Å². The molecule has 1 N–H and O–H groups in total. The summed E-state index contributed by atoms with van der Waals surface area (Å²) in [5.74, 6) is 0.978. The number of ether oxygens (including phenoxy) is 1. The molecular weight excluding hydrogens is 406 g/mol. The summed E-state index contributed by atoms with van der Waals surface area (Å²) >= 11 is 0. The topological polar surface area (TPSA) is 96.0 Å². The lowest BCUT2D eigenvalue weighted by Crippen LogP contribution is -2.43. The number of carbonyl (C=O) groups excluding carboxylic acids is 2. The number of nitrogens with one attached hydrogen (secondary N) is 1. The Morgan fingerprint density at radius 2 is 1.90 bits per heavy atom. The van der Waals surface area contributed by atoms with Gasteiger partial charge in [-0.15, -0.1) is 0 Å². The van der Waals surface area contributed by atoms with E-state index in [1.807, 2.05) is 34.1 Å². The number of sulfone groups is 1. The van der Waals surface area contributed by atoms with Gasteiger partial charge in [0, 0.05) is 38.6 Å². The average molecular weight is 438 g/mol. The van der Waals surface area contributed by atoms with E-state index in [2.05, 4.69) is 5.32 Å². The van der Waals surface area contributed by atoms with Crippen molar-refractivity contribution >= 4 is 21.7 Å². The molecule has 1 atom stereocenters. The van der Waals surface area contributed by atoms with Gasteiger partial charge < -0.3 is 15.0 Å². The molecule has 0 spiro atoms. The van der Waals surface area contributed by atoms with Crippen molar-refractivity contribution in [3.05, 3.63) is 29.8 Å². The maximum Gasteiger partial charge on any atom is 0.234 e. The molecule has 0 radical (unpaired) electrons. The Kier molecular flexibility index (Phi) is 7.71. The zero-order valence-electron chi connectivity index (χ0n) is 17.5. The fraction of sp³-hybridized carbons (Fsp3) is 0.619. The standard InChI is InChI=1S/C21H31N3O5S/c1-29-19-6-3-17(4-7-19)5-8-21(26)24-11-2-10-23(12-13-24)15-20(25)22-18-9-14-30(27,28)16-18/h3-4,6-7,18H,2,5,8-16H2,1H3,(H,22,25). The molecule has 2 fully saturated rings.